The van der Waals surface area contributed by atoms with Crippen LogP contribution in [0.1, 0.15) is 42.1 Å². The number of thiocarbonyl (C=S) groups is 1. The lowest BCUT2D eigenvalue weighted by atomic mass is 10.0. The zero-order chi connectivity index (χ0) is 17.8. The van der Waals surface area contributed by atoms with Gasteiger partial charge >= 0.3 is 0 Å². The first kappa shape index (κ1) is 17.9. The van der Waals surface area contributed by atoms with Gasteiger partial charge in [-0.05, 0) is 56.6 Å². The molecular weight excluding hydrogens is 352 g/mol. The van der Waals surface area contributed by atoms with E-state index in [2.05, 4.69) is 17.1 Å². The molecule has 25 heavy (non-hydrogen) atoms. The van der Waals surface area contributed by atoms with Crippen molar-refractivity contribution in [3.05, 3.63) is 64.7 Å². The molecule has 0 spiro atoms. The number of anilines is 1. The van der Waals surface area contributed by atoms with Gasteiger partial charge in [0.1, 0.15) is 0 Å². The summed E-state index contributed by atoms with van der Waals surface area (Å²) in [7, 11) is 0. The van der Waals surface area contributed by atoms with E-state index in [0.717, 1.165) is 19.4 Å². The number of carbonyl (C=O) groups is 1. The SMILES string of the molecule is C[C@@H]1CCCCN1C(=S)Nc1ccc(Cl)cc1C(=O)c1ccccc1. The van der Waals surface area contributed by atoms with Crippen molar-refractivity contribution in [1.29, 1.82) is 0 Å². The fourth-order valence-electron chi connectivity index (χ4n) is 3.15. The van der Waals surface area contributed by atoms with Crippen molar-refractivity contribution in [2.75, 3.05) is 11.9 Å². The summed E-state index contributed by atoms with van der Waals surface area (Å²) < 4.78 is 0. The number of halogens is 1. The third-order valence-electron chi connectivity index (χ3n) is 4.57. The van der Waals surface area contributed by atoms with Gasteiger partial charge in [-0.2, -0.15) is 0 Å². The molecule has 1 heterocycles. The summed E-state index contributed by atoms with van der Waals surface area (Å²) in [5.41, 5.74) is 1.86. The number of carbonyl (C=O) groups excluding carboxylic acids is 1. The number of piperidine rings is 1. The van der Waals surface area contributed by atoms with E-state index in [-0.39, 0.29) is 5.78 Å². The van der Waals surface area contributed by atoms with Crippen LogP contribution in [0.25, 0.3) is 0 Å². The smallest absolute Gasteiger partial charge is 0.195 e. The van der Waals surface area contributed by atoms with Crippen molar-refractivity contribution in [2.24, 2.45) is 0 Å². The summed E-state index contributed by atoms with van der Waals surface area (Å²) in [4.78, 5) is 15.1. The lowest BCUT2D eigenvalue weighted by Crippen LogP contribution is -2.44. The van der Waals surface area contributed by atoms with Crippen LogP contribution in [0.5, 0.6) is 0 Å². The number of rotatable bonds is 3. The summed E-state index contributed by atoms with van der Waals surface area (Å²) in [6.45, 7) is 3.13. The van der Waals surface area contributed by atoms with E-state index in [1.807, 2.05) is 24.3 Å². The molecule has 1 atom stereocenters. The number of ketones is 1. The van der Waals surface area contributed by atoms with Crippen LogP contribution < -0.4 is 5.32 Å². The van der Waals surface area contributed by atoms with Crippen molar-refractivity contribution in [1.82, 2.24) is 4.90 Å². The Morgan fingerprint density at radius 3 is 2.68 bits per heavy atom. The highest BCUT2D eigenvalue weighted by Gasteiger charge is 2.22. The first-order chi connectivity index (χ1) is 12.1. The van der Waals surface area contributed by atoms with E-state index in [4.69, 9.17) is 23.8 Å². The average Bonchev–Trinajstić information content (AvgIpc) is 2.63. The summed E-state index contributed by atoms with van der Waals surface area (Å²) in [6, 6.07) is 14.9. The van der Waals surface area contributed by atoms with E-state index in [9.17, 15) is 4.79 Å². The molecule has 1 N–H and O–H groups in total. The number of nitrogens with zero attached hydrogens (tertiary/aromatic N) is 1. The lowest BCUT2D eigenvalue weighted by molar-refractivity contribution is 0.103. The van der Waals surface area contributed by atoms with E-state index in [0.29, 0.717) is 33.0 Å². The van der Waals surface area contributed by atoms with E-state index in [1.165, 1.54) is 6.42 Å². The van der Waals surface area contributed by atoms with Gasteiger partial charge < -0.3 is 10.2 Å². The second-order valence-electron chi connectivity index (χ2n) is 6.35. The quantitative estimate of drug-likeness (QED) is 0.597. The molecule has 2 aromatic rings. The van der Waals surface area contributed by atoms with Crippen LogP contribution >= 0.6 is 23.8 Å². The Balaban J connectivity index is 1.87. The zero-order valence-corrected chi connectivity index (χ0v) is 15.7. The van der Waals surface area contributed by atoms with E-state index in [1.54, 1.807) is 24.3 Å². The third kappa shape index (κ3) is 4.20. The minimum atomic E-state index is -0.0694. The molecule has 5 heteroatoms. The summed E-state index contributed by atoms with van der Waals surface area (Å²) >= 11 is 11.7. The minimum Gasteiger partial charge on any atom is -0.346 e. The zero-order valence-electron chi connectivity index (χ0n) is 14.2. The monoisotopic (exact) mass is 372 g/mol. The molecule has 2 aromatic carbocycles. The maximum atomic E-state index is 12.9. The molecule has 0 unspecified atom stereocenters. The molecule has 0 aliphatic carbocycles. The lowest BCUT2D eigenvalue weighted by Gasteiger charge is -2.35. The van der Waals surface area contributed by atoms with Crippen LogP contribution in [0.2, 0.25) is 5.02 Å². The molecule has 3 nitrogen and oxygen atoms in total. The van der Waals surface area contributed by atoms with Gasteiger partial charge in [0.05, 0.1) is 5.69 Å². The average molecular weight is 373 g/mol. The molecule has 0 aromatic heterocycles. The Hall–Kier alpha value is -1.91. The molecule has 0 radical (unpaired) electrons. The molecule has 1 aliphatic rings. The van der Waals surface area contributed by atoms with Gasteiger partial charge in [-0.1, -0.05) is 41.9 Å². The topological polar surface area (TPSA) is 32.3 Å². The molecule has 3 rings (SSSR count). The van der Waals surface area contributed by atoms with Gasteiger partial charge in [0, 0.05) is 28.7 Å². The summed E-state index contributed by atoms with van der Waals surface area (Å²) in [6.07, 6.45) is 3.51. The number of nitrogens with one attached hydrogen (secondary N) is 1. The predicted molar refractivity (Wildman–Crippen MR) is 108 cm³/mol. The predicted octanol–water partition coefficient (Wildman–Crippen LogP) is 5.14. The van der Waals surface area contributed by atoms with Crippen LogP contribution in [0.4, 0.5) is 5.69 Å². The molecular formula is C20H21ClN2OS. The number of hydrogen-bond donors (Lipinski definition) is 1. The van der Waals surface area contributed by atoms with Gasteiger partial charge in [0.25, 0.3) is 0 Å². The molecule has 130 valence electrons. The maximum Gasteiger partial charge on any atom is 0.195 e. The maximum absolute atomic E-state index is 12.9. The Bertz CT molecular complexity index is 779. The standard InChI is InChI=1S/C20H21ClN2OS/c1-14-7-5-6-12-23(14)20(25)22-18-11-10-16(21)13-17(18)19(24)15-8-3-2-4-9-15/h2-4,8-11,13-14H,5-7,12H2,1H3,(H,22,25)/t14-/m1/s1. The first-order valence-corrected chi connectivity index (χ1v) is 9.32. The molecule has 1 aliphatic heterocycles. The van der Waals surface area contributed by atoms with Gasteiger partial charge in [-0.25, -0.2) is 0 Å². The van der Waals surface area contributed by atoms with Crippen LogP contribution in [0, 0.1) is 0 Å². The summed E-state index contributed by atoms with van der Waals surface area (Å²) in [5.74, 6) is -0.0694. The van der Waals surface area contributed by atoms with Crippen LogP contribution in [-0.4, -0.2) is 28.4 Å². The minimum absolute atomic E-state index is 0.0694. The van der Waals surface area contributed by atoms with Crippen molar-refractivity contribution in [2.45, 2.75) is 32.2 Å². The molecule has 1 fully saturated rings. The van der Waals surface area contributed by atoms with Gasteiger partial charge in [0.2, 0.25) is 0 Å². The van der Waals surface area contributed by atoms with Crippen molar-refractivity contribution in [3.63, 3.8) is 0 Å². The van der Waals surface area contributed by atoms with E-state index < -0.39 is 0 Å². The van der Waals surface area contributed by atoms with Crippen LogP contribution in [0.3, 0.4) is 0 Å². The summed E-state index contributed by atoms with van der Waals surface area (Å²) in [5, 5.41) is 4.46. The van der Waals surface area contributed by atoms with Gasteiger partial charge in [-0.3, -0.25) is 4.79 Å². The van der Waals surface area contributed by atoms with E-state index >= 15 is 0 Å². The highest BCUT2D eigenvalue weighted by atomic mass is 35.5. The number of likely N-dealkylation sites (tertiary alicyclic amines) is 1. The normalized spacial score (nSPS) is 17.2. The second kappa shape index (κ2) is 7.98. The van der Waals surface area contributed by atoms with Crippen LogP contribution in [-0.2, 0) is 0 Å². The third-order valence-corrected chi connectivity index (χ3v) is 5.14. The van der Waals surface area contributed by atoms with Crippen molar-refractivity contribution >= 4 is 40.4 Å². The number of hydrogen-bond acceptors (Lipinski definition) is 2. The second-order valence-corrected chi connectivity index (χ2v) is 7.18. The molecule has 0 amide bonds. The highest BCUT2D eigenvalue weighted by Crippen LogP contribution is 2.25. The molecule has 1 saturated heterocycles. The van der Waals surface area contributed by atoms with Crippen LogP contribution in [0.15, 0.2) is 48.5 Å². The largest absolute Gasteiger partial charge is 0.346 e. The van der Waals surface area contributed by atoms with Crippen molar-refractivity contribution in [3.8, 4) is 0 Å². The molecule has 0 saturated carbocycles. The first-order valence-electron chi connectivity index (χ1n) is 8.53. The fraction of sp³-hybridized carbons (Fsp3) is 0.300. The Morgan fingerprint density at radius 1 is 1.20 bits per heavy atom. The fourth-order valence-corrected chi connectivity index (χ4v) is 3.70. The van der Waals surface area contributed by atoms with Gasteiger partial charge in [0.15, 0.2) is 10.9 Å². The Labute approximate surface area is 159 Å². The number of benzene rings is 2. The van der Waals surface area contributed by atoms with Crippen molar-refractivity contribution < 1.29 is 4.79 Å². The van der Waals surface area contributed by atoms with Gasteiger partial charge in [-0.15, -0.1) is 0 Å². The Morgan fingerprint density at radius 2 is 1.96 bits per heavy atom. The molecule has 0 bridgehead atoms. The highest BCUT2D eigenvalue weighted by molar-refractivity contribution is 7.80. The Kier molecular flexibility index (Phi) is 5.71.